The van der Waals surface area contributed by atoms with Gasteiger partial charge in [0.15, 0.2) is 0 Å². The van der Waals surface area contributed by atoms with E-state index in [0.29, 0.717) is 24.6 Å². The zero-order valence-corrected chi connectivity index (χ0v) is 18.4. The molecule has 3 rings (SSSR count). The predicted octanol–water partition coefficient (Wildman–Crippen LogP) is 4.15. The number of pyridine rings is 1. The molecule has 0 radical (unpaired) electrons. The number of aromatic nitrogens is 3. The van der Waals surface area contributed by atoms with E-state index < -0.39 is 0 Å². The summed E-state index contributed by atoms with van der Waals surface area (Å²) in [7, 11) is 0. The number of carbonyl (C=O) groups excluding carboxylic acids is 1. The Morgan fingerprint density at radius 3 is 2.52 bits per heavy atom. The van der Waals surface area contributed by atoms with Gasteiger partial charge in [-0.15, -0.1) is 0 Å². The van der Waals surface area contributed by atoms with E-state index in [-0.39, 0.29) is 11.3 Å². The molecule has 158 valence electrons. The largest absolute Gasteiger partial charge is 0.381 e. The zero-order chi connectivity index (χ0) is 21.0. The molecule has 0 aromatic carbocycles. The number of rotatable bonds is 6. The van der Waals surface area contributed by atoms with Gasteiger partial charge in [0.25, 0.3) is 5.91 Å². The third-order valence-electron chi connectivity index (χ3n) is 5.57. The lowest BCUT2D eigenvalue weighted by Crippen LogP contribution is -2.30. The summed E-state index contributed by atoms with van der Waals surface area (Å²) in [4.78, 5) is 23.8. The van der Waals surface area contributed by atoms with Crippen molar-refractivity contribution in [2.24, 2.45) is 5.92 Å². The molecule has 0 atom stereocenters. The summed E-state index contributed by atoms with van der Waals surface area (Å²) in [5.41, 5.74) is 2.32. The molecule has 0 unspecified atom stereocenters. The number of ether oxygens (including phenoxy) is 1. The summed E-state index contributed by atoms with van der Waals surface area (Å²) in [6, 6.07) is 1.92. The number of amides is 1. The smallest absolute Gasteiger partial charge is 0.255 e. The third-order valence-corrected chi connectivity index (χ3v) is 5.57. The highest BCUT2D eigenvalue weighted by atomic mass is 16.5. The lowest BCUT2D eigenvalue weighted by molar-refractivity contribution is 0.0607. The molecule has 0 bridgehead atoms. The van der Waals surface area contributed by atoms with E-state index >= 15 is 0 Å². The van der Waals surface area contributed by atoms with E-state index in [1.807, 2.05) is 24.8 Å². The Kier molecular flexibility index (Phi) is 6.73. The van der Waals surface area contributed by atoms with Crippen LogP contribution < -0.4 is 0 Å². The van der Waals surface area contributed by atoms with Crippen molar-refractivity contribution >= 4 is 5.91 Å². The van der Waals surface area contributed by atoms with Crippen LogP contribution in [0.2, 0.25) is 0 Å². The fraction of sp³-hybridized carbons (Fsp3) is 0.609. The topological polar surface area (TPSA) is 60.2 Å². The van der Waals surface area contributed by atoms with E-state index in [1.54, 1.807) is 12.4 Å². The van der Waals surface area contributed by atoms with E-state index in [9.17, 15) is 4.79 Å². The Hall–Kier alpha value is -2.21. The van der Waals surface area contributed by atoms with Gasteiger partial charge in [0, 0.05) is 62.4 Å². The fourth-order valence-corrected chi connectivity index (χ4v) is 3.89. The second-order valence-electron chi connectivity index (χ2n) is 8.85. The van der Waals surface area contributed by atoms with Gasteiger partial charge in [0.2, 0.25) is 0 Å². The molecule has 0 saturated carbocycles. The molecule has 1 aliphatic heterocycles. The van der Waals surface area contributed by atoms with Crippen molar-refractivity contribution in [1.29, 1.82) is 0 Å². The summed E-state index contributed by atoms with van der Waals surface area (Å²) in [6.07, 6.45) is 7.75. The first-order valence-corrected chi connectivity index (χ1v) is 10.7. The van der Waals surface area contributed by atoms with Crippen LogP contribution in [0.1, 0.15) is 63.6 Å². The quantitative estimate of drug-likeness (QED) is 0.733. The first-order chi connectivity index (χ1) is 13.8. The molecule has 3 heterocycles. The number of hydrogen-bond acceptors (Lipinski definition) is 4. The maximum absolute atomic E-state index is 12.7. The molecular weight excluding hydrogens is 364 g/mol. The Bertz CT molecular complexity index is 828. The van der Waals surface area contributed by atoms with Crippen LogP contribution in [0.25, 0.3) is 11.3 Å². The summed E-state index contributed by atoms with van der Waals surface area (Å²) < 4.78 is 7.81. The normalized spacial score (nSPS) is 15.5. The molecule has 1 fully saturated rings. The van der Waals surface area contributed by atoms with Crippen molar-refractivity contribution < 1.29 is 9.53 Å². The molecule has 6 heteroatoms. The van der Waals surface area contributed by atoms with Crippen LogP contribution >= 0.6 is 0 Å². The Labute approximate surface area is 174 Å². The summed E-state index contributed by atoms with van der Waals surface area (Å²) in [5.74, 6) is 1.70. The fourth-order valence-electron chi connectivity index (χ4n) is 3.89. The molecule has 0 N–H and O–H groups in total. The van der Waals surface area contributed by atoms with Gasteiger partial charge in [-0.2, -0.15) is 0 Å². The minimum Gasteiger partial charge on any atom is -0.381 e. The van der Waals surface area contributed by atoms with Gasteiger partial charge in [-0.3, -0.25) is 9.78 Å². The molecule has 2 aromatic heterocycles. The van der Waals surface area contributed by atoms with Gasteiger partial charge in [0.05, 0.1) is 11.3 Å². The van der Waals surface area contributed by atoms with Crippen LogP contribution in [0, 0.1) is 5.92 Å². The predicted molar refractivity (Wildman–Crippen MR) is 115 cm³/mol. The van der Waals surface area contributed by atoms with Gasteiger partial charge < -0.3 is 14.2 Å². The molecule has 0 spiro atoms. The van der Waals surface area contributed by atoms with Crippen molar-refractivity contribution in [3.05, 3.63) is 36.0 Å². The van der Waals surface area contributed by atoms with Crippen LogP contribution in [0.3, 0.4) is 0 Å². The zero-order valence-electron chi connectivity index (χ0n) is 18.4. The highest BCUT2D eigenvalue weighted by Gasteiger charge is 2.25. The molecule has 1 aliphatic rings. The highest BCUT2D eigenvalue weighted by Crippen LogP contribution is 2.29. The van der Waals surface area contributed by atoms with E-state index in [0.717, 1.165) is 49.7 Å². The van der Waals surface area contributed by atoms with Crippen molar-refractivity contribution in [2.45, 2.75) is 59.4 Å². The van der Waals surface area contributed by atoms with Gasteiger partial charge in [0.1, 0.15) is 5.82 Å². The maximum atomic E-state index is 12.7. The van der Waals surface area contributed by atoms with E-state index in [1.165, 1.54) is 0 Å². The van der Waals surface area contributed by atoms with Crippen molar-refractivity contribution in [2.75, 3.05) is 26.3 Å². The molecule has 1 saturated heterocycles. The molecule has 0 aliphatic carbocycles. The lowest BCUT2D eigenvalue weighted by Gasteiger charge is -2.25. The monoisotopic (exact) mass is 398 g/mol. The second kappa shape index (κ2) is 9.08. The van der Waals surface area contributed by atoms with Crippen molar-refractivity contribution in [3.8, 4) is 11.3 Å². The van der Waals surface area contributed by atoms with Crippen LogP contribution in [-0.4, -0.2) is 51.6 Å². The van der Waals surface area contributed by atoms with Crippen LogP contribution in [0.5, 0.6) is 0 Å². The van der Waals surface area contributed by atoms with Gasteiger partial charge in [-0.25, -0.2) is 4.98 Å². The first-order valence-electron chi connectivity index (χ1n) is 10.7. The number of nitrogens with zero attached hydrogens (tertiary/aromatic N) is 4. The van der Waals surface area contributed by atoms with Gasteiger partial charge in [-0.05, 0) is 38.7 Å². The molecule has 1 amide bonds. The van der Waals surface area contributed by atoms with Gasteiger partial charge >= 0.3 is 0 Å². The number of imidazole rings is 1. The third kappa shape index (κ3) is 5.04. The minimum absolute atomic E-state index is 0.0158. The number of hydrogen-bond donors (Lipinski definition) is 0. The molecule has 6 nitrogen and oxygen atoms in total. The van der Waals surface area contributed by atoms with Gasteiger partial charge in [-0.1, -0.05) is 20.8 Å². The average Bonchev–Trinajstić information content (AvgIpc) is 3.14. The van der Waals surface area contributed by atoms with Crippen LogP contribution in [0.15, 0.2) is 24.7 Å². The van der Waals surface area contributed by atoms with Crippen molar-refractivity contribution in [3.63, 3.8) is 0 Å². The Balaban J connectivity index is 1.92. The Morgan fingerprint density at radius 2 is 1.90 bits per heavy atom. The standard InChI is InChI=1S/C23H34N4O2/c1-6-26(7-2)21(28)19-12-18(13-24-14-19)20-16-27(22(25-20)23(3,4)5)15-17-8-10-29-11-9-17/h12-14,16-17H,6-11,15H2,1-5H3. The van der Waals surface area contributed by atoms with Crippen LogP contribution in [-0.2, 0) is 16.7 Å². The molecular formula is C23H34N4O2. The second-order valence-corrected chi connectivity index (χ2v) is 8.85. The summed E-state index contributed by atoms with van der Waals surface area (Å²) in [5, 5.41) is 0. The van der Waals surface area contributed by atoms with Crippen LogP contribution in [0.4, 0.5) is 0 Å². The maximum Gasteiger partial charge on any atom is 0.255 e. The SMILES string of the molecule is CCN(CC)C(=O)c1cncc(-c2cn(CC3CCOCC3)c(C(C)(C)C)n2)c1. The molecule has 29 heavy (non-hydrogen) atoms. The summed E-state index contributed by atoms with van der Waals surface area (Å²) in [6.45, 7) is 14.6. The minimum atomic E-state index is -0.0640. The molecule has 2 aromatic rings. The number of carbonyl (C=O) groups is 1. The lowest BCUT2D eigenvalue weighted by atomic mass is 9.94. The van der Waals surface area contributed by atoms with Crippen molar-refractivity contribution in [1.82, 2.24) is 19.4 Å². The summed E-state index contributed by atoms with van der Waals surface area (Å²) >= 11 is 0. The van der Waals surface area contributed by atoms with E-state index in [4.69, 9.17) is 9.72 Å². The van der Waals surface area contributed by atoms with E-state index in [2.05, 4.69) is 36.5 Å². The average molecular weight is 399 g/mol. The Morgan fingerprint density at radius 1 is 1.21 bits per heavy atom. The first kappa shape index (κ1) is 21.5. The highest BCUT2D eigenvalue weighted by molar-refractivity contribution is 5.94.